The highest BCUT2D eigenvalue weighted by atomic mass is 35.5. The molecule has 0 bridgehead atoms. The molecular formula is C15H20ClNO3S. The van der Waals surface area contributed by atoms with Crippen molar-refractivity contribution in [2.45, 2.75) is 43.5 Å². The molecule has 0 atom stereocenters. The Morgan fingerprint density at radius 1 is 1.29 bits per heavy atom. The summed E-state index contributed by atoms with van der Waals surface area (Å²) in [4.78, 5) is 24.2. The van der Waals surface area contributed by atoms with E-state index in [4.69, 9.17) is 11.6 Å². The summed E-state index contributed by atoms with van der Waals surface area (Å²) in [5.41, 5.74) is -1.16. The number of amides is 1. The lowest BCUT2D eigenvalue weighted by atomic mass is 9.93. The highest BCUT2D eigenvalue weighted by Gasteiger charge is 2.36. The minimum atomic E-state index is -1.16. The zero-order valence-corrected chi connectivity index (χ0v) is 13.8. The standard InChI is InChI=1S/C15H20ClNO3S/c1-3-15(4-2,14(19)20)17-13(18)9-10-21-12-8-6-5-7-11(12)16/h5-8H,3-4,9-10H2,1-2H3,(H,17,18)(H,19,20). The average molecular weight is 330 g/mol. The van der Waals surface area contributed by atoms with Crippen LogP contribution in [0.15, 0.2) is 29.2 Å². The Labute approximate surface area is 134 Å². The molecule has 0 fully saturated rings. The van der Waals surface area contributed by atoms with E-state index >= 15 is 0 Å². The van der Waals surface area contributed by atoms with Gasteiger partial charge in [-0.2, -0.15) is 0 Å². The lowest BCUT2D eigenvalue weighted by Crippen LogP contribution is -2.53. The van der Waals surface area contributed by atoms with E-state index in [1.165, 1.54) is 11.8 Å². The molecule has 1 aromatic rings. The first-order valence-electron chi connectivity index (χ1n) is 6.87. The highest BCUT2D eigenvalue weighted by Crippen LogP contribution is 2.27. The van der Waals surface area contributed by atoms with Crippen molar-refractivity contribution in [2.24, 2.45) is 0 Å². The molecule has 0 unspecified atom stereocenters. The third kappa shape index (κ3) is 4.93. The van der Waals surface area contributed by atoms with Crippen LogP contribution in [0, 0.1) is 0 Å². The van der Waals surface area contributed by atoms with Crippen molar-refractivity contribution in [3.63, 3.8) is 0 Å². The summed E-state index contributed by atoms with van der Waals surface area (Å²) >= 11 is 7.52. The van der Waals surface area contributed by atoms with Gasteiger partial charge < -0.3 is 10.4 Å². The fourth-order valence-electron chi connectivity index (χ4n) is 1.93. The zero-order chi connectivity index (χ0) is 15.9. The van der Waals surface area contributed by atoms with Crippen LogP contribution in [0.3, 0.4) is 0 Å². The van der Waals surface area contributed by atoms with Gasteiger partial charge in [0.05, 0.1) is 5.02 Å². The molecule has 0 spiro atoms. The summed E-state index contributed by atoms with van der Waals surface area (Å²) in [7, 11) is 0. The Balaban J connectivity index is 2.51. The average Bonchev–Trinajstić information content (AvgIpc) is 2.46. The number of rotatable bonds is 8. The second-order valence-electron chi connectivity index (χ2n) is 4.67. The number of hydrogen-bond acceptors (Lipinski definition) is 3. The number of carboxylic acid groups (broad SMARTS) is 1. The fourth-order valence-corrected chi connectivity index (χ4v) is 3.12. The quantitative estimate of drug-likeness (QED) is 0.715. The maximum atomic E-state index is 11.9. The number of hydrogen-bond donors (Lipinski definition) is 2. The van der Waals surface area contributed by atoms with Crippen molar-refractivity contribution >= 4 is 35.2 Å². The number of benzene rings is 1. The van der Waals surface area contributed by atoms with E-state index in [0.29, 0.717) is 23.6 Å². The van der Waals surface area contributed by atoms with Crippen molar-refractivity contribution in [1.82, 2.24) is 5.32 Å². The van der Waals surface area contributed by atoms with E-state index in [-0.39, 0.29) is 12.3 Å². The molecule has 1 aromatic carbocycles. The van der Waals surface area contributed by atoms with Gasteiger partial charge in [0, 0.05) is 17.1 Å². The second kappa shape index (κ2) is 8.29. The fraction of sp³-hybridized carbons (Fsp3) is 0.467. The summed E-state index contributed by atoms with van der Waals surface area (Å²) in [5.74, 6) is -0.682. The van der Waals surface area contributed by atoms with Gasteiger partial charge in [-0.1, -0.05) is 37.6 Å². The highest BCUT2D eigenvalue weighted by molar-refractivity contribution is 7.99. The molecule has 116 valence electrons. The number of carbonyl (C=O) groups excluding carboxylic acids is 1. The lowest BCUT2D eigenvalue weighted by molar-refractivity contribution is -0.148. The predicted molar refractivity (Wildman–Crippen MR) is 85.9 cm³/mol. The van der Waals surface area contributed by atoms with Crippen LogP contribution in [0.25, 0.3) is 0 Å². The predicted octanol–water partition coefficient (Wildman–Crippen LogP) is 3.58. The van der Waals surface area contributed by atoms with Crippen molar-refractivity contribution < 1.29 is 14.7 Å². The molecule has 0 saturated heterocycles. The van der Waals surface area contributed by atoms with Crippen LogP contribution >= 0.6 is 23.4 Å². The summed E-state index contributed by atoms with van der Waals surface area (Å²) in [6, 6.07) is 7.43. The third-order valence-corrected chi connectivity index (χ3v) is 4.94. The Morgan fingerprint density at radius 3 is 2.43 bits per heavy atom. The maximum absolute atomic E-state index is 11.9. The van der Waals surface area contributed by atoms with Gasteiger partial charge in [0.25, 0.3) is 0 Å². The number of halogens is 1. The largest absolute Gasteiger partial charge is 0.480 e. The van der Waals surface area contributed by atoms with Crippen LogP contribution in [0.5, 0.6) is 0 Å². The van der Waals surface area contributed by atoms with Gasteiger partial charge in [-0.3, -0.25) is 4.79 Å². The van der Waals surface area contributed by atoms with Gasteiger partial charge in [-0.05, 0) is 25.0 Å². The van der Waals surface area contributed by atoms with E-state index in [0.717, 1.165) is 4.90 Å². The smallest absolute Gasteiger partial charge is 0.329 e. The molecule has 0 heterocycles. The molecule has 2 N–H and O–H groups in total. The minimum Gasteiger partial charge on any atom is -0.480 e. The summed E-state index contributed by atoms with van der Waals surface area (Å²) in [5, 5.41) is 12.6. The van der Waals surface area contributed by atoms with Crippen molar-refractivity contribution in [2.75, 3.05) is 5.75 Å². The lowest BCUT2D eigenvalue weighted by Gasteiger charge is -2.28. The van der Waals surface area contributed by atoms with Crippen LogP contribution in [-0.4, -0.2) is 28.3 Å². The van der Waals surface area contributed by atoms with Crippen molar-refractivity contribution in [1.29, 1.82) is 0 Å². The maximum Gasteiger partial charge on any atom is 0.329 e. The van der Waals surface area contributed by atoms with Crippen molar-refractivity contribution in [3.05, 3.63) is 29.3 Å². The van der Waals surface area contributed by atoms with Gasteiger partial charge in [0.1, 0.15) is 5.54 Å². The van der Waals surface area contributed by atoms with E-state index in [9.17, 15) is 14.7 Å². The van der Waals surface area contributed by atoms with Gasteiger partial charge in [0.2, 0.25) is 5.91 Å². The van der Waals surface area contributed by atoms with Crippen molar-refractivity contribution in [3.8, 4) is 0 Å². The second-order valence-corrected chi connectivity index (χ2v) is 6.22. The van der Waals surface area contributed by atoms with Crippen LogP contribution in [0.2, 0.25) is 5.02 Å². The first kappa shape index (κ1) is 17.9. The summed E-state index contributed by atoms with van der Waals surface area (Å²) < 4.78 is 0. The van der Waals surface area contributed by atoms with Crippen LogP contribution in [0.1, 0.15) is 33.1 Å². The molecule has 1 amide bonds. The summed E-state index contributed by atoms with van der Waals surface area (Å²) in [6.07, 6.45) is 0.982. The molecule has 0 aliphatic carbocycles. The van der Waals surface area contributed by atoms with Gasteiger partial charge >= 0.3 is 5.97 Å². The molecule has 6 heteroatoms. The third-order valence-electron chi connectivity index (χ3n) is 3.42. The molecule has 0 radical (unpaired) electrons. The molecule has 0 saturated carbocycles. The number of carboxylic acids is 1. The topological polar surface area (TPSA) is 66.4 Å². The Bertz CT molecular complexity index is 503. The normalized spacial score (nSPS) is 11.2. The van der Waals surface area contributed by atoms with Crippen LogP contribution in [-0.2, 0) is 9.59 Å². The Kier molecular flexibility index (Phi) is 7.05. The minimum absolute atomic E-state index is 0.249. The van der Waals surface area contributed by atoms with Crippen LogP contribution < -0.4 is 5.32 Å². The number of aliphatic carboxylic acids is 1. The number of nitrogens with one attached hydrogen (secondary N) is 1. The Morgan fingerprint density at radius 2 is 1.90 bits per heavy atom. The SMILES string of the molecule is CCC(CC)(NC(=O)CCSc1ccccc1Cl)C(=O)O. The van der Waals surface area contributed by atoms with E-state index in [1.54, 1.807) is 19.9 Å². The van der Waals surface area contributed by atoms with Gasteiger partial charge in [0.15, 0.2) is 0 Å². The van der Waals surface area contributed by atoms with Gasteiger partial charge in [-0.15, -0.1) is 11.8 Å². The van der Waals surface area contributed by atoms with Crippen LogP contribution in [0.4, 0.5) is 0 Å². The zero-order valence-electron chi connectivity index (χ0n) is 12.2. The van der Waals surface area contributed by atoms with Gasteiger partial charge in [-0.25, -0.2) is 4.79 Å². The molecule has 21 heavy (non-hydrogen) atoms. The number of thioether (sulfide) groups is 1. The monoisotopic (exact) mass is 329 g/mol. The molecule has 0 aliphatic rings. The van der Waals surface area contributed by atoms with E-state index in [1.807, 2.05) is 18.2 Å². The Hall–Kier alpha value is -1.20. The molecule has 4 nitrogen and oxygen atoms in total. The number of carbonyl (C=O) groups is 2. The molecular weight excluding hydrogens is 310 g/mol. The first-order valence-corrected chi connectivity index (χ1v) is 8.23. The molecule has 1 rings (SSSR count). The molecule has 0 aromatic heterocycles. The van der Waals surface area contributed by atoms with E-state index < -0.39 is 11.5 Å². The summed E-state index contributed by atoms with van der Waals surface area (Å²) in [6.45, 7) is 3.52. The van der Waals surface area contributed by atoms with E-state index in [2.05, 4.69) is 5.32 Å². The first-order chi connectivity index (χ1) is 9.95. The molecule has 0 aliphatic heterocycles.